The first kappa shape index (κ1) is 11.0. The molecule has 1 aromatic rings. The molecular formula is C9H13BrN2S. The third-order valence-electron chi connectivity index (χ3n) is 1.54. The summed E-state index contributed by atoms with van der Waals surface area (Å²) in [5.74, 6) is 1.02. The number of hydrogen-bond acceptors (Lipinski definition) is 3. The average molecular weight is 261 g/mol. The average Bonchev–Trinajstić information content (AvgIpc) is 2.08. The summed E-state index contributed by atoms with van der Waals surface area (Å²) in [4.78, 5) is 4.25. The lowest BCUT2D eigenvalue weighted by molar-refractivity contribution is 0.721. The number of rotatable bonds is 4. The third kappa shape index (κ3) is 4.11. The fourth-order valence-corrected chi connectivity index (χ4v) is 2.44. The summed E-state index contributed by atoms with van der Waals surface area (Å²) in [6, 6.07) is 4.19. The molecule has 1 rings (SSSR count). The van der Waals surface area contributed by atoms with Crippen LogP contribution in [0.2, 0.25) is 0 Å². The summed E-state index contributed by atoms with van der Waals surface area (Å²) in [7, 11) is 0. The first-order chi connectivity index (χ1) is 6.20. The van der Waals surface area contributed by atoms with Crippen molar-refractivity contribution in [3.8, 4) is 0 Å². The molecule has 1 heterocycles. The van der Waals surface area contributed by atoms with E-state index in [0.29, 0.717) is 0 Å². The summed E-state index contributed by atoms with van der Waals surface area (Å²) in [6.07, 6.45) is 2.83. The molecule has 4 heteroatoms. The van der Waals surface area contributed by atoms with Gasteiger partial charge in [0.15, 0.2) is 0 Å². The Morgan fingerprint density at radius 2 is 2.46 bits per heavy atom. The van der Waals surface area contributed by atoms with Crippen LogP contribution in [0.5, 0.6) is 0 Å². The maximum Gasteiger partial charge on any atom is 0.110 e. The van der Waals surface area contributed by atoms with Gasteiger partial charge in [-0.1, -0.05) is 0 Å². The van der Waals surface area contributed by atoms with Gasteiger partial charge in [-0.2, -0.15) is 0 Å². The standard InChI is InChI=1S/C9H13BrN2S/c1-7(11)4-6-13-9-8(10)3-2-5-12-9/h2-3,5,7H,4,6,11H2,1H3. The molecule has 1 unspecified atom stereocenters. The van der Waals surface area contributed by atoms with Crippen LogP contribution in [-0.4, -0.2) is 16.8 Å². The SMILES string of the molecule is CC(N)CCSc1ncccc1Br. The smallest absolute Gasteiger partial charge is 0.110 e. The van der Waals surface area contributed by atoms with Crippen LogP contribution < -0.4 is 5.73 Å². The van der Waals surface area contributed by atoms with Gasteiger partial charge in [0, 0.05) is 22.5 Å². The predicted molar refractivity (Wildman–Crippen MR) is 60.9 cm³/mol. The Bertz CT molecular complexity index is 266. The van der Waals surface area contributed by atoms with E-state index in [2.05, 4.69) is 20.9 Å². The molecule has 0 amide bonds. The maximum atomic E-state index is 5.65. The van der Waals surface area contributed by atoms with E-state index in [1.54, 1.807) is 18.0 Å². The van der Waals surface area contributed by atoms with Crippen molar-refractivity contribution in [2.24, 2.45) is 5.73 Å². The second-order valence-electron chi connectivity index (χ2n) is 2.90. The normalized spacial score (nSPS) is 12.8. The molecule has 0 fully saturated rings. The second kappa shape index (κ2) is 5.62. The number of nitrogens with zero attached hydrogens (tertiary/aromatic N) is 1. The van der Waals surface area contributed by atoms with Gasteiger partial charge in [0.2, 0.25) is 0 Å². The summed E-state index contributed by atoms with van der Waals surface area (Å²) in [5, 5.41) is 1.04. The first-order valence-corrected chi connectivity index (χ1v) is 5.97. The number of halogens is 1. The van der Waals surface area contributed by atoms with Crippen molar-refractivity contribution >= 4 is 27.7 Å². The van der Waals surface area contributed by atoms with E-state index >= 15 is 0 Å². The van der Waals surface area contributed by atoms with Gasteiger partial charge in [0.05, 0.1) is 0 Å². The van der Waals surface area contributed by atoms with E-state index in [-0.39, 0.29) is 6.04 Å². The molecule has 0 saturated carbocycles. The second-order valence-corrected chi connectivity index (χ2v) is 4.84. The zero-order valence-corrected chi connectivity index (χ0v) is 9.94. The quantitative estimate of drug-likeness (QED) is 0.847. The third-order valence-corrected chi connectivity index (χ3v) is 3.48. The number of pyridine rings is 1. The topological polar surface area (TPSA) is 38.9 Å². The molecule has 0 bridgehead atoms. The Hall–Kier alpha value is -0.0600. The minimum absolute atomic E-state index is 0.273. The minimum atomic E-state index is 0.273. The highest BCUT2D eigenvalue weighted by molar-refractivity contribution is 9.10. The van der Waals surface area contributed by atoms with Gasteiger partial charge in [-0.15, -0.1) is 11.8 Å². The zero-order chi connectivity index (χ0) is 9.68. The molecule has 13 heavy (non-hydrogen) atoms. The number of nitrogens with two attached hydrogens (primary N) is 1. The molecule has 1 aromatic heterocycles. The van der Waals surface area contributed by atoms with Crippen molar-refractivity contribution in [2.45, 2.75) is 24.4 Å². The molecule has 0 saturated heterocycles. The van der Waals surface area contributed by atoms with Gasteiger partial charge < -0.3 is 5.73 Å². The molecule has 0 spiro atoms. The fourth-order valence-electron chi connectivity index (χ4n) is 0.819. The van der Waals surface area contributed by atoms with E-state index in [1.807, 2.05) is 19.1 Å². The van der Waals surface area contributed by atoms with E-state index in [9.17, 15) is 0 Å². The predicted octanol–water partition coefficient (Wildman–Crippen LogP) is 2.67. The summed E-state index contributed by atoms with van der Waals surface area (Å²) in [5.41, 5.74) is 5.65. The summed E-state index contributed by atoms with van der Waals surface area (Å²) >= 11 is 5.19. The van der Waals surface area contributed by atoms with Crippen LogP contribution >= 0.6 is 27.7 Å². The zero-order valence-electron chi connectivity index (χ0n) is 7.53. The van der Waals surface area contributed by atoms with Crippen LogP contribution in [0.1, 0.15) is 13.3 Å². The van der Waals surface area contributed by atoms with E-state index < -0.39 is 0 Å². The molecule has 2 N–H and O–H groups in total. The maximum absolute atomic E-state index is 5.65. The van der Waals surface area contributed by atoms with Gasteiger partial charge in [0.25, 0.3) is 0 Å². The lowest BCUT2D eigenvalue weighted by Crippen LogP contribution is -2.15. The first-order valence-electron chi connectivity index (χ1n) is 4.19. The van der Waals surface area contributed by atoms with Crippen molar-refractivity contribution in [1.82, 2.24) is 4.98 Å². The Morgan fingerprint density at radius 3 is 3.08 bits per heavy atom. The summed E-state index contributed by atoms with van der Waals surface area (Å²) < 4.78 is 1.06. The Morgan fingerprint density at radius 1 is 1.69 bits per heavy atom. The van der Waals surface area contributed by atoms with Gasteiger partial charge in [-0.3, -0.25) is 0 Å². The van der Waals surface area contributed by atoms with Crippen LogP contribution in [-0.2, 0) is 0 Å². The van der Waals surface area contributed by atoms with Crippen LogP contribution in [0.4, 0.5) is 0 Å². The van der Waals surface area contributed by atoms with Crippen molar-refractivity contribution in [2.75, 3.05) is 5.75 Å². The fraction of sp³-hybridized carbons (Fsp3) is 0.444. The Kier molecular flexibility index (Phi) is 4.77. The lowest BCUT2D eigenvalue weighted by atomic mass is 10.3. The lowest BCUT2D eigenvalue weighted by Gasteiger charge is -2.04. The number of aromatic nitrogens is 1. The molecular weight excluding hydrogens is 248 g/mol. The van der Waals surface area contributed by atoms with Crippen LogP contribution in [0.25, 0.3) is 0 Å². The Balaban J connectivity index is 2.41. The number of hydrogen-bond donors (Lipinski definition) is 1. The highest BCUT2D eigenvalue weighted by Crippen LogP contribution is 2.24. The van der Waals surface area contributed by atoms with Crippen LogP contribution in [0.15, 0.2) is 27.8 Å². The molecule has 0 aliphatic rings. The van der Waals surface area contributed by atoms with Crippen molar-refractivity contribution in [1.29, 1.82) is 0 Å². The Labute approximate surface area is 91.4 Å². The molecule has 0 aliphatic heterocycles. The molecule has 0 aliphatic carbocycles. The molecule has 0 radical (unpaired) electrons. The monoisotopic (exact) mass is 260 g/mol. The molecule has 2 nitrogen and oxygen atoms in total. The van der Waals surface area contributed by atoms with E-state index in [4.69, 9.17) is 5.73 Å². The van der Waals surface area contributed by atoms with Crippen LogP contribution in [0, 0.1) is 0 Å². The highest BCUT2D eigenvalue weighted by atomic mass is 79.9. The van der Waals surface area contributed by atoms with Gasteiger partial charge >= 0.3 is 0 Å². The highest BCUT2D eigenvalue weighted by Gasteiger charge is 2.01. The van der Waals surface area contributed by atoms with Crippen molar-refractivity contribution < 1.29 is 0 Å². The summed E-state index contributed by atoms with van der Waals surface area (Å²) in [6.45, 7) is 2.02. The minimum Gasteiger partial charge on any atom is -0.328 e. The van der Waals surface area contributed by atoms with Gasteiger partial charge in [-0.05, 0) is 41.4 Å². The number of thioether (sulfide) groups is 1. The molecule has 0 aromatic carbocycles. The molecule has 72 valence electrons. The van der Waals surface area contributed by atoms with Crippen molar-refractivity contribution in [3.63, 3.8) is 0 Å². The molecule has 1 atom stereocenters. The van der Waals surface area contributed by atoms with E-state index in [0.717, 1.165) is 21.7 Å². The van der Waals surface area contributed by atoms with E-state index in [1.165, 1.54) is 0 Å². The van der Waals surface area contributed by atoms with Crippen molar-refractivity contribution in [3.05, 3.63) is 22.8 Å². The van der Waals surface area contributed by atoms with Gasteiger partial charge in [-0.25, -0.2) is 4.98 Å². The van der Waals surface area contributed by atoms with Crippen LogP contribution in [0.3, 0.4) is 0 Å². The largest absolute Gasteiger partial charge is 0.328 e. The van der Waals surface area contributed by atoms with Gasteiger partial charge in [0.1, 0.15) is 5.03 Å².